The van der Waals surface area contributed by atoms with Crippen molar-refractivity contribution >= 4 is 23.5 Å². The number of anilines is 2. The van der Waals surface area contributed by atoms with Gasteiger partial charge in [0.2, 0.25) is 5.91 Å². The Morgan fingerprint density at radius 3 is 2.73 bits per heavy atom. The number of nitrogens with one attached hydrogen (secondary N) is 3. The average Bonchev–Trinajstić information content (AvgIpc) is 3.67. The molecule has 40 heavy (non-hydrogen) atoms. The molecule has 0 bridgehead atoms. The summed E-state index contributed by atoms with van der Waals surface area (Å²) in [6.45, 7) is 1.81. The highest BCUT2D eigenvalue weighted by Crippen LogP contribution is 2.44. The van der Waals surface area contributed by atoms with Gasteiger partial charge in [-0.25, -0.2) is 4.68 Å². The zero-order valence-corrected chi connectivity index (χ0v) is 21.5. The monoisotopic (exact) mass is 557 g/mol. The van der Waals surface area contributed by atoms with Crippen molar-refractivity contribution in [1.29, 1.82) is 0 Å². The molecule has 11 nitrogen and oxygen atoms in total. The summed E-state index contributed by atoms with van der Waals surface area (Å²) in [6, 6.07) is 10.4. The average molecular weight is 558 g/mol. The van der Waals surface area contributed by atoms with Crippen molar-refractivity contribution in [1.82, 2.24) is 24.9 Å². The van der Waals surface area contributed by atoms with E-state index >= 15 is 0 Å². The van der Waals surface area contributed by atoms with Gasteiger partial charge < -0.3 is 25.1 Å². The fourth-order valence-corrected chi connectivity index (χ4v) is 4.46. The summed E-state index contributed by atoms with van der Waals surface area (Å²) in [6.07, 6.45) is -3.41. The third-order valence-electron chi connectivity index (χ3n) is 6.47. The number of amides is 2. The van der Waals surface area contributed by atoms with Crippen molar-refractivity contribution in [3.8, 4) is 5.75 Å². The summed E-state index contributed by atoms with van der Waals surface area (Å²) < 4.78 is 54.7. The van der Waals surface area contributed by atoms with Gasteiger partial charge in [0.05, 0.1) is 26.0 Å². The molecule has 0 radical (unpaired) electrons. The predicted molar refractivity (Wildman–Crippen MR) is 137 cm³/mol. The third kappa shape index (κ3) is 5.80. The standard InChI is InChI=1S/C26H26F3N7O4/c1-15-9-22(34-35(15)14-24(37)30-13-18-7-4-8-40-18)32-25(38)20-12-23-31-19(16-5-3-6-17(10-16)39-2)11-21(26(27,28)29)36(23)33-20/h3-10,12,19,21,31H,11,13-14H2,1-2H3,(H,30,37)(H,32,34,38)/t19-,21-/m1/s1. The van der Waals surface area contributed by atoms with Crippen molar-refractivity contribution in [2.75, 3.05) is 17.7 Å². The van der Waals surface area contributed by atoms with Gasteiger partial charge >= 0.3 is 6.18 Å². The molecule has 0 fully saturated rings. The first kappa shape index (κ1) is 26.8. The van der Waals surface area contributed by atoms with Crippen LogP contribution in [0.1, 0.15) is 46.0 Å². The van der Waals surface area contributed by atoms with E-state index in [4.69, 9.17) is 9.15 Å². The van der Waals surface area contributed by atoms with E-state index in [0.717, 1.165) is 4.68 Å². The van der Waals surface area contributed by atoms with E-state index in [1.165, 1.54) is 24.1 Å². The highest BCUT2D eigenvalue weighted by atomic mass is 19.4. The van der Waals surface area contributed by atoms with Crippen LogP contribution in [0.15, 0.2) is 59.2 Å². The molecule has 4 aromatic rings. The Kier molecular flexibility index (Phi) is 7.24. The maximum atomic E-state index is 14.0. The number of nitrogens with zero attached hydrogens (tertiary/aromatic N) is 4. The summed E-state index contributed by atoms with van der Waals surface area (Å²) >= 11 is 0. The Morgan fingerprint density at radius 1 is 1.18 bits per heavy atom. The van der Waals surface area contributed by atoms with Gasteiger partial charge in [-0.15, -0.1) is 0 Å². The first-order valence-electron chi connectivity index (χ1n) is 12.3. The fraction of sp³-hybridized carbons (Fsp3) is 0.308. The van der Waals surface area contributed by atoms with Crippen LogP contribution < -0.4 is 20.7 Å². The van der Waals surface area contributed by atoms with Crippen molar-refractivity contribution in [3.63, 3.8) is 0 Å². The highest BCUT2D eigenvalue weighted by Gasteiger charge is 2.47. The van der Waals surface area contributed by atoms with Crippen LogP contribution in [-0.4, -0.2) is 44.7 Å². The number of hydrogen-bond acceptors (Lipinski definition) is 7. The van der Waals surface area contributed by atoms with Crippen LogP contribution in [0.2, 0.25) is 0 Å². The first-order chi connectivity index (χ1) is 19.1. The molecule has 14 heteroatoms. The number of methoxy groups -OCH3 is 1. The highest BCUT2D eigenvalue weighted by molar-refractivity contribution is 6.02. The molecule has 0 spiro atoms. The molecular weight excluding hydrogens is 531 g/mol. The molecule has 3 N–H and O–H groups in total. The van der Waals surface area contributed by atoms with Crippen molar-refractivity contribution in [2.24, 2.45) is 0 Å². The molecule has 2 atom stereocenters. The summed E-state index contributed by atoms with van der Waals surface area (Å²) in [4.78, 5) is 25.2. The van der Waals surface area contributed by atoms with Gasteiger partial charge in [-0.2, -0.15) is 23.4 Å². The number of rotatable bonds is 8. The van der Waals surface area contributed by atoms with Gasteiger partial charge in [0.15, 0.2) is 17.6 Å². The van der Waals surface area contributed by atoms with Crippen molar-refractivity contribution in [3.05, 3.63) is 77.5 Å². The second-order valence-electron chi connectivity index (χ2n) is 9.26. The third-order valence-corrected chi connectivity index (χ3v) is 6.47. The summed E-state index contributed by atoms with van der Waals surface area (Å²) in [5.74, 6) is 0.236. The minimum absolute atomic E-state index is 0.0569. The molecule has 4 heterocycles. The molecule has 0 saturated heterocycles. The van der Waals surface area contributed by atoms with Crippen LogP contribution in [0.25, 0.3) is 0 Å². The molecule has 1 aliphatic heterocycles. The Balaban J connectivity index is 1.29. The second-order valence-corrected chi connectivity index (χ2v) is 9.26. The Morgan fingerprint density at radius 2 is 2.00 bits per heavy atom. The Bertz CT molecular complexity index is 1510. The van der Waals surface area contributed by atoms with E-state index in [-0.39, 0.29) is 42.7 Å². The first-order valence-corrected chi connectivity index (χ1v) is 12.3. The summed E-state index contributed by atoms with van der Waals surface area (Å²) in [7, 11) is 1.48. The van der Waals surface area contributed by atoms with E-state index in [1.807, 2.05) is 0 Å². The molecule has 0 aliphatic carbocycles. The number of halogens is 3. The lowest BCUT2D eigenvalue weighted by atomic mass is 9.97. The quantitative estimate of drug-likeness (QED) is 0.296. The Labute approximate surface area is 226 Å². The van der Waals surface area contributed by atoms with Crippen LogP contribution in [0.5, 0.6) is 5.75 Å². The SMILES string of the molecule is COc1cccc([C@H]2C[C@H](C(F)(F)F)n3nc(C(=O)Nc4cc(C)n(CC(=O)NCc5ccco5)n4)cc3N2)c1. The van der Waals surface area contributed by atoms with Gasteiger partial charge in [0, 0.05) is 24.2 Å². The van der Waals surface area contributed by atoms with Gasteiger partial charge in [-0.1, -0.05) is 12.1 Å². The summed E-state index contributed by atoms with van der Waals surface area (Å²) in [5, 5.41) is 16.5. The molecule has 0 saturated carbocycles. The zero-order valence-electron chi connectivity index (χ0n) is 21.5. The van der Waals surface area contributed by atoms with E-state index in [1.54, 1.807) is 49.4 Å². The van der Waals surface area contributed by atoms with Gasteiger partial charge in [0.25, 0.3) is 5.91 Å². The smallest absolute Gasteiger partial charge is 0.410 e. The van der Waals surface area contributed by atoms with E-state index in [2.05, 4.69) is 26.1 Å². The van der Waals surface area contributed by atoms with Crippen LogP contribution >= 0.6 is 0 Å². The lowest BCUT2D eigenvalue weighted by Crippen LogP contribution is -2.35. The van der Waals surface area contributed by atoms with E-state index < -0.39 is 24.2 Å². The number of carbonyl (C=O) groups is 2. The number of furan rings is 1. The molecule has 5 rings (SSSR count). The van der Waals surface area contributed by atoms with Gasteiger partial charge in [-0.3, -0.25) is 14.3 Å². The van der Waals surface area contributed by atoms with E-state index in [9.17, 15) is 22.8 Å². The lowest BCUT2D eigenvalue weighted by Gasteiger charge is -2.33. The normalized spacial score (nSPS) is 16.6. The minimum Gasteiger partial charge on any atom is -0.497 e. The number of alkyl halides is 3. The minimum atomic E-state index is -4.60. The number of ether oxygens (including phenoxy) is 1. The number of hydrogen-bond donors (Lipinski definition) is 3. The molecule has 0 unspecified atom stereocenters. The topological polar surface area (TPSA) is 128 Å². The maximum Gasteiger partial charge on any atom is 0.410 e. The molecule has 3 aromatic heterocycles. The van der Waals surface area contributed by atoms with Gasteiger partial charge in [0.1, 0.15) is 23.9 Å². The summed E-state index contributed by atoms with van der Waals surface area (Å²) in [5.41, 5.74) is 0.986. The fourth-order valence-electron chi connectivity index (χ4n) is 4.46. The number of aromatic nitrogens is 4. The molecule has 2 amide bonds. The van der Waals surface area contributed by atoms with Crippen LogP contribution in [-0.2, 0) is 17.9 Å². The lowest BCUT2D eigenvalue weighted by molar-refractivity contribution is -0.173. The largest absolute Gasteiger partial charge is 0.497 e. The molecule has 210 valence electrons. The number of benzene rings is 1. The second kappa shape index (κ2) is 10.8. The van der Waals surface area contributed by atoms with Gasteiger partial charge in [-0.05, 0) is 36.8 Å². The predicted octanol–water partition coefficient (Wildman–Crippen LogP) is 4.22. The maximum absolute atomic E-state index is 14.0. The van der Waals surface area contributed by atoms with Crippen LogP contribution in [0.4, 0.5) is 24.8 Å². The van der Waals surface area contributed by atoms with Crippen molar-refractivity contribution < 1.29 is 31.9 Å². The number of carbonyl (C=O) groups excluding carboxylic acids is 2. The van der Waals surface area contributed by atoms with Crippen molar-refractivity contribution in [2.45, 2.75) is 44.7 Å². The molecular formula is C26H26F3N7O4. The number of fused-ring (bicyclic) bond motifs is 1. The molecule has 1 aromatic carbocycles. The van der Waals surface area contributed by atoms with Crippen LogP contribution in [0.3, 0.4) is 0 Å². The zero-order chi connectivity index (χ0) is 28.4. The Hall–Kier alpha value is -4.75. The van der Waals surface area contributed by atoms with E-state index in [0.29, 0.717) is 22.8 Å². The number of aryl methyl sites for hydroxylation is 1. The molecule has 1 aliphatic rings. The van der Waals surface area contributed by atoms with Crippen LogP contribution in [0, 0.1) is 6.92 Å².